The third-order valence-corrected chi connectivity index (χ3v) is 3.59. The van der Waals surface area contributed by atoms with Crippen LogP contribution in [0.25, 0.3) is 0 Å². The van der Waals surface area contributed by atoms with Crippen molar-refractivity contribution in [2.45, 2.75) is 13.0 Å². The number of benzene rings is 1. The summed E-state index contributed by atoms with van der Waals surface area (Å²) < 4.78 is 0. The minimum Gasteiger partial charge on any atom is -0.383 e. The molecule has 1 atom stereocenters. The van der Waals surface area contributed by atoms with Gasteiger partial charge >= 0.3 is 0 Å². The number of hydrogen-bond acceptors (Lipinski definition) is 3. The molecule has 1 aromatic rings. The van der Waals surface area contributed by atoms with Crippen LogP contribution in [0.5, 0.6) is 0 Å². The fraction of sp³-hybridized carbons (Fsp3) is 0.538. The highest BCUT2D eigenvalue weighted by molar-refractivity contribution is 6.31. The Kier molecular flexibility index (Phi) is 4.26. The molecule has 17 heavy (non-hydrogen) atoms. The summed E-state index contributed by atoms with van der Waals surface area (Å²) >= 11 is 6.09. The van der Waals surface area contributed by atoms with E-state index in [1.54, 1.807) is 0 Å². The first-order valence-electron chi connectivity index (χ1n) is 6.07. The van der Waals surface area contributed by atoms with Gasteiger partial charge in [0.2, 0.25) is 0 Å². The van der Waals surface area contributed by atoms with Crippen molar-refractivity contribution in [3.05, 3.63) is 28.8 Å². The zero-order chi connectivity index (χ0) is 12.3. The van der Waals surface area contributed by atoms with E-state index < -0.39 is 0 Å². The molecule has 0 radical (unpaired) electrons. The van der Waals surface area contributed by atoms with Gasteiger partial charge in [-0.05, 0) is 31.7 Å². The molecular formula is C13H20ClN3. The van der Waals surface area contributed by atoms with E-state index in [0.29, 0.717) is 6.04 Å². The van der Waals surface area contributed by atoms with Crippen molar-refractivity contribution in [1.29, 1.82) is 0 Å². The van der Waals surface area contributed by atoms with Crippen LogP contribution in [-0.2, 0) is 0 Å². The van der Waals surface area contributed by atoms with Gasteiger partial charge in [0, 0.05) is 42.9 Å². The average molecular weight is 254 g/mol. The molecule has 1 aromatic carbocycles. The quantitative estimate of drug-likeness (QED) is 0.863. The van der Waals surface area contributed by atoms with Gasteiger partial charge in [0.25, 0.3) is 0 Å². The monoisotopic (exact) mass is 253 g/mol. The molecule has 0 bridgehead atoms. The van der Waals surface area contributed by atoms with E-state index in [1.165, 1.54) is 0 Å². The number of nitrogens with one attached hydrogen (secondary N) is 2. The molecule has 0 aliphatic carbocycles. The third-order valence-electron chi connectivity index (χ3n) is 3.18. The molecule has 0 aromatic heterocycles. The largest absolute Gasteiger partial charge is 0.383 e. The van der Waals surface area contributed by atoms with E-state index >= 15 is 0 Å². The minimum absolute atomic E-state index is 0.508. The van der Waals surface area contributed by atoms with Crippen molar-refractivity contribution in [2.75, 3.05) is 38.5 Å². The first-order chi connectivity index (χ1) is 8.15. The molecule has 2 rings (SSSR count). The Morgan fingerprint density at radius 1 is 1.53 bits per heavy atom. The predicted molar refractivity (Wildman–Crippen MR) is 74.0 cm³/mol. The van der Waals surface area contributed by atoms with Gasteiger partial charge in [0.1, 0.15) is 0 Å². The summed E-state index contributed by atoms with van der Waals surface area (Å²) in [6.07, 6.45) is 0. The second-order valence-electron chi connectivity index (χ2n) is 4.76. The molecule has 0 spiro atoms. The zero-order valence-corrected chi connectivity index (χ0v) is 11.2. The van der Waals surface area contributed by atoms with E-state index in [9.17, 15) is 0 Å². The molecular weight excluding hydrogens is 234 g/mol. The lowest BCUT2D eigenvalue weighted by molar-refractivity contribution is 0.244. The SMILES string of the molecule is Cc1ccc(NCC2CN(C)CCN2)cc1Cl. The lowest BCUT2D eigenvalue weighted by atomic mass is 10.2. The Bertz CT molecular complexity index is 381. The van der Waals surface area contributed by atoms with Crippen LogP contribution in [0.4, 0.5) is 5.69 Å². The lowest BCUT2D eigenvalue weighted by Gasteiger charge is -2.31. The maximum Gasteiger partial charge on any atom is 0.0455 e. The normalized spacial score (nSPS) is 21.5. The number of anilines is 1. The molecule has 0 saturated carbocycles. The Morgan fingerprint density at radius 3 is 3.06 bits per heavy atom. The van der Waals surface area contributed by atoms with Crippen LogP contribution >= 0.6 is 11.6 Å². The summed E-state index contributed by atoms with van der Waals surface area (Å²) in [4.78, 5) is 2.35. The van der Waals surface area contributed by atoms with Crippen molar-refractivity contribution >= 4 is 17.3 Å². The highest BCUT2D eigenvalue weighted by Gasteiger charge is 2.15. The smallest absolute Gasteiger partial charge is 0.0455 e. The van der Waals surface area contributed by atoms with Crippen LogP contribution in [0.2, 0.25) is 5.02 Å². The second-order valence-corrected chi connectivity index (χ2v) is 5.17. The fourth-order valence-corrected chi connectivity index (χ4v) is 2.25. The number of nitrogens with zero attached hydrogens (tertiary/aromatic N) is 1. The first-order valence-corrected chi connectivity index (χ1v) is 6.45. The molecule has 1 fully saturated rings. The van der Waals surface area contributed by atoms with Gasteiger partial charge in [0.15, 0.2) is 0 Å². The van der Waals surface area contributed by atoms with Gasteiger partial charge < -0.3 is 15.5 Å². The maximum atomic E-state index is 6.09. The van der Waals surface area contributed by atoms with Gasteiger partial charge in [-0.1, -0.05) is 17.7 Å². The predicted octanol–water partition coefficient (Wildman–Crippen LogP) is 1.96. The number of likely N-dealkylation sites (N-methyl/N-ethyl adjacent to an activating group) is 1. The lowest BCUT2D eigenvalue weighted by Crippen LogP contribution is -2.51. The molecule has 3 nitrogen and oxygen atoms in total. The van der Waals surface area contributed by atoms with E-state index in [1.807, 2.05) is 19.1 Å². The van der Waals surface area contributed by atoms with Crippen LogP contribution in [0.15, 0.2) is 18.2 Å². The maximum absolute atomic E-state index is 6.09. The zero-order valence-electron chi connectivity index (χ0n) is 10.5. The Hall–Kier alpha value is -0.770. The van der Waals surface area contributed by atoms with Crippen molar-refractivity contribution < 1.29 is 0 Å². The van der Waals surface area contributed by atoms with Gasteiger partial charge in [-0.3, -0.25) is 0 Å². The summed E-state index contributed by atoms with van der Waals surface area (Å²) in [6.45, 7) is 6.24. The van der Waals surface area contributed by atoms with Crippen LogP contribution in [0.1, 0.15) is 5.56 Å². The van der Waals surface area contributed by atoms with Crippen molar-refractivity contribution in [3.8, 4) is 0 Å². The van der Waals surface area contributed by atoms with E-state index in [4.69, 9.17) is 11.6 Å². The highest BCUT2D eigenvalue weighted by atomic mass is 35.5. The van der Waals surface area contributed by atoms with Gasteiger partial charge in [-0.15, -0.1) is 0 Å². The van der Waals surface area contributed by atoms with Crippen molar-refractivity contribution in [1.82, 2.24) is 10.2 Å². The molecule has 0 amide bonds. The van der Waals surface area contributed by atoms with Crippen molar-refractivity contribution in [3.63, 3.8) is 0 Å². The average Bonchev–Trinajstić information content (AvgIpc) is 2.31. The highest BCUT2D eigenvalue weighted by Crippen LogP contribution is 2.19. The van der Waals surface area contributed by atoms with E-state index in [2.05, 4.69) is 28.6 Å². The first kappa shape index (κ1) is 12.7. The van der Waals surface area contributed by atoms with Gasteiger partial charge in [-0.2, -0.15) is 0 Å². The number of rotatable bonds is 3. The number of piperazine rings is 1. The Morgan fingerprint density at radius 2 is 2.35 bits per heavy atom. The van der Waals surface area contributed by atoms with Crippen molar-refractivity contribution in [2.24, 2.45) is 0 Å². The second kappa shape index (κ2) is 5.71. The van der Waals surface area contributed by atoms with Crippen LogP contribution in [0, 0.1) is 6.92 Å². The van der Waals surface area contributed by atoms with Crippen LogP contribution in [0.3, 0.4) is 0 Å². The third kappa shape index (κ3) is 3.60. The van der Waals surface area contributed by atoms with Gasteiger partial charge in [0.05, 0.1) is 0 Å². The molecule has 94 valence electrons. The number of aryl methyl sites for hydroxylation is 1. The number of halogens is 1. The summed E-state index contributed by atoms with van der Waals surface area (Å²) in [5.74, 6) is 0. The molecule has 1 unspecified atom stereocenters. The minimum atomic E-state index is 0.508. The summed E-state index contributed by atoms with van der Waals surface area (Å²) in [7, 11) is 2.16. The van der Waals surface area contributed by atoms with Crippen LogP contribution in [-0.4, -0.2) is 44.2 Å². The van der Waals surface area contributed by atoms with Crippen LogP contribution < -0.4 is 10.6 Å². The number of hydrogen-bond donors (Lipinski definition) is 2. The van der Waals surface area contributed by atoms with E-state index in [-0.39, 0.29) is 0 Å². The summed E-state index contributed by atoms with van der Waals surface area (Å²) in [5, 5.41) is 7.76. The molecule has 1 heterocycles. The van der Waals surface area contributed by atoms with E-state index in [0.717, 1.165) is 42.5 Å². The Balaban J connectivity index is 1.86. The van der Waals surface area contributed by atoms with Gasteiger partial charge in [-0.25, -0.2) is 0 Å². The summed E-state index contributed by atoms with van der Waals surface area (Å²) in [6, 6.07) is 6.62. The molecule has 1 aliphatic heterocycles. The Labute approximate surface area is 108 Å². The molecule has 1 saturated heterocycles. The molecule has 2 N–H and O–H groups in total. The molecule has 1 aliphatic rings. The fourth-order valence-electron chi connectivity index (χ4n) is 2.07. The molecule has 4 heteroatoms. The standard InChI is InChI=1S/C13H20ClN3/c1-10-3-4-11(7-13(10)14)16-8-12-9-17(2)6-5-15-12/h3-4,7,12,15-16H,5-6,8-9H2,1-2H3. The topological polar surface area (TPSA) is 27.3 Å². The summed E-state index contributed by atoms with van der Waals surface area (Å²) in [5.41, 5.74) is 2.21.